The second-order valence-electron chi connectivity index (χ2n) is 4.67. The molecule has 1 unspecified atom stereocenters. The lowest BCUT2D eigenvalue weighted by Gasteiger charge is -2.24. The molecule has 1 atom stereocenters. The van der Waals surface area contributed by atoms with E-state index in [0.29, 0.717) is 6.54 Å². The Morgan fingerprint density at radius 3 is 2.75 bits per heavy atom. The highest BCUT2D eigenvalue weighted by atomic mass is 16.3. The van der Waals surface area contributed by atoms with E-state index in [1.807, 2.05) is 32.0 Å². The van der Waals surface area contributed by atoms with Crippen LogP contribution in [-0.4, -0.2) is 17.3 Å². The molecule has 0 spiro atoms. The summed E-state index contributed by atoms with van der Waals surface area (Å²) in [4.78, 5) is 0. The van der Waals surface area contributed by atoms with Gasteiger partial charge in [-0.15, -0.1) is 0 Å². The molecule has 1 aromatic rings. The SMILES string of the molecule is CCCC(C)(O)CNc1cc(N)ccc1C. The van der Waals surface area contributed by atoms with Crippen LogP contribution in [-0.2, 0) is 0 Å². The van der Waals surface area contributed by atoms with Crippen LogP contribution in [0, 0.1) is 6.92 Å². The Morgan fingerprint density at radius 1 is 1.44 bits per heavy atom. The van der Waals surface area contributed by atoms with Crippen molar-refractivity contribution in [3.05, 3.63) is 23.8 Å². The molecule has 3 nitrogen and oxygen atoms in total. The van der Waals surface area contributed by atoms with Gasteiger partial charge >= 0.3 is 0 Å². The topological polar surface area (TPSA) is 58.3 Å². The summed E-state index contributed by atoms with van der Waals surface area (Å²) in [7, 11) is 0. The Morgan fingerprint density at radius 2 is 2.12 bits per heavy atom. The largest absolute Gasteiger partial charge is 0.399 e. The molecule has 4 N–H and O–H groups in total. The second-order valence-corrected chi connectivity index (χ2v) is 4.67. The molecule has 0 saturated carbocycles. The van der Waals surface area contributed by atoms with Gasteiger partial charge < -0.3 is 16.2 Å². The van der Waals surface area contributed by atoms with E-state index in [0.717, 1.165) is 29.8 Å². The van der Waals surface area contributed by atoms with Crippen molar-refractivity contribution in [2.45, 2.75) is 39.2 Å². The molecule has 0 aliphatic rings. The number of nitrogen functional groups attached to an aromatic ring is 1. The van der Waals surface area contributed by atoms with Crippen LogP contribution in [0.2, 0.25) is 0 Å². The average Bonchev–Trinajstić information content (AvgIpc) is 2.19. The van der Waals surface area contributed by atoms with Crippen molar-refractivity contribution >= 4 is 11.4 Å². The molecule has 0 aliphatic carbocycles. The predicted octanol–water partition coefficient (Wildman–Crippen LogP) is 2.54. The molecular formula is C13H22N2O. The van der Waals surface area contributed by atoms with Crippen LogP contribution in [0.25, 0.3) is 0 Å². The van der Waals surface area contributed by atoms with E-state index >= 15 is 0 Å². The van der Waals surface area contributed by atoms with Crippen LogP contribution in [0.5, 0.6) is 0 Å². The molecule has 0 saturated heterocycles. The van der Waals surface area contributed by atoms with E-state index in [4.69, 9.17) is 5.73 Å². The second kappa shape index (κ2) is 5.21. The fourth-order valence-corrected chi connectivity index (χ4v) is 1.74. The molecule has 1 rings (SSSR count). The Kier molecular flexibility index (Phi) is 4.19. The molecular weight excluding hydrogens is 200 g/mol. The van der Waals surface area contributed by atoms with Gasteiger partial charge in [0.2, 0.25) is 0 Å². The van der Waals surface area contributed by atoms with E-state index in [1.165, 1.54) is 0 Å². The first-order chi connectivity index (χ1) is 7.44. The van der Waals surface area contributed by atoms with Gasteiger partial charge in [-0.05, 0) is 38.0 Å². The van der Waals surface area contributed by atoms with Crippen molar-refractivity contribution in [2.75, 3.05) is 17.6 Å². The van der Waals surface area contributed by atoms with Gasteiger partial charge in [-0.1, -0.05) is 19.4 Å². The number of nitrogens with two attached hydrogens (primary N) is 1. The highest BCUT2D eigenvalue weighted by molar-refractivity contribution is 5.59. The molecule has 1 aromatic carbocycles. The number of aliphatic hydroxyl groups is 1. The Bertz CT molecular complexity index is 348. The lowest BCUT2D eigenvalue weighted by Crippen LogP contribution is -2.33. The van der Waals surface area contributed by atoms with Crippen LogP contribution in [0.1, 0.15) is 32.3 Å². The van der Waals surface area contributed by atoms with E-state index in [1.54, 1.807) is 0 Å². The summed E-state index contributed by atoms with van der Waals surface area (Å²) in [5.74, 6) is 0. The predicted molar refractivity (Wildman–Crippen MR) is 69.6 cm³/mol. The Hall–Kier alpha value is -1.22. The smallest absolute Gasteiger partial charge is 0.0791 e. The third-order valence-electron chi connectivity index (χ3n) is 2.71. The van der Waals surface area contributed by atoms with Crippen molar-refractivity contribution < 1.29 is 5.11 Å². The molecule has 0 aliphatic heterocycles. The average molecular weight is 222 g/mol. The van der Waals surface area contributed by atoms with Crippen molar-refractivity contribution in [3.8, 4) is 0 Å². The van der Waals surface area contributed by atoms with Crippen molar-refractivity contribution in [2.24, 2.45) is 0 Å². The number of hydrogen-bond acceptors (Lipinski definition) is 3. The monoisotopic (exact) mass is 222 g/mol. The normalized spacial score (nSPS) is 14.5. The zero-order chi connectivity index (χ0) is 12.2. The summed E-state index contributed by atoms with van der Waals surface area (Å²) < 4.78 is 0. The fourth-order valence-electron chi connectivity index (χ4n) is 1.74. The standard InChI is InChI=1S/C13H22N2O/c1-4-7-13(3,16)9-15-12-8-11(14)6-5-10(12)2/h5-6,8,15-16H,4,7,9,14H2,1-3H3. The van der Waals surface area contributed by atoms with Gasteiger partial charge in [0.1, 0.15) is 0 Å². The maximum atomic E-state index is 10.0. The maximum Gasteiger partial charge on any atom is 0.0791 e. The molecule has 0 heterocycles. The number of aryl methyl sites for hydroxylation is 1. The van der Waals surface area contributed by atoms with Crippen LogP contribution >= 0.6 is 0 Å². The van der Waals surface area contributed by atoms with Crippen molar-refractivity contribution in [3.63, 3.8) is 0 Å². The minimum atomic E-state index is -0.661. The Balaban J connectivity index is 2.63. The Labute approximate surface area is 97.7 Å². The third kappa shape index (κ3) is 3.74. The van der Waals surface area contributed by atoms with Gasteiger partial charge in [-0.25, -0.2) is 0 Å². The van der Waals surface area contributed by atoms with Gasteiger partial charge in [0.25, 0.3) is 0 Å². The molecule has 90 valence electrons. The van der Waals surface area contributed by atoms with Gasteiger partial charge in [0.15, 0.2) is 0 Å². The summed E-state index contributed by atoms with van der Waals surface area (Å²) in [5, 5.41) is 13.3. The highest BCUT2D eigenvalue weighted by Gasteiger charge is 2.18. The molecule has 0 amide bonds. The van der Waals surface area contributed by atoms with Crippen LogP contribution in [0.4, 0.5) is 11.4 Å². The zero-order valence-corrected chi connectivity index (χ0v) is 10.4. The highest BCUT2D eigenvalue weighted by Crippen LogP contribution is 2.20. The van der Waals surface area contributed by atoms with Crippen LogP contribution in [0.3, 0.4) is 0 Å². The number of rotatable bonds is 5. The first kappa shape index (κ1) is 12.8. The minimum Gasteiger partial charge on any atom is -0.399 e. The number of nitrogens with one attached hydrogen (secondary N) is 1. The molecule has 0 aromatic heterocycles. The minimum absolute atomic E-state index is 0.547. The van der Waals surface area contributed by atoms with E-state index in [2.05, 4.69) is 12.2 Å². The van der Waals surface area contributed by atoms with Gasteiger partial charge in [-0.2, -0.15) is 0 Å². The van der Waals surface area contributed by atoms with Gasteiger partial charge in [0.05, 0.1) is 5.60 Å². The molecule has 0 fully saturated rings. The van der Waals surface area contributed by atoms with Crippen molar-refractivity contribution in [1.82, 2.24) is 0 Å². The molecule has 3 heteroatoms. The van der Waals surface area contributed by atoms with Gasteiger partial charge in [-0.3, -0.25) is 0 Å². The van der Waals surface area contributed by atoms with E-state index in [-0.39, 0.29) is 0 Å². The molecule has 16 heavy (non-hydrogen) atoms. The first-order valence-corrected chi connectivity index (χ1v) is 5.77. The van der Waals surface area contributed by atoms with Crippen LogP contribution < -0.4 is 11.1 Å². The molecule has 0 radical (unpaired) electrons. The van der Waals surface area contributed by atoms with Crippen LogP contribution in [0.15, 0.2) is 18.2 Å². The lowest BCUT2D eigenvalue weighted by molar-refractivity contribution is 0.0637. The zero-order valence-electron chi connectivity index (χ0n) is 10.4. The summed E-state index contributed by atoms with van der Waals surface area (Å²) in [6.45, 7) is 6.49. The summed E-state index contributed by atoms with van der Waals surface area (Å²) in [6, 6.07) is 5.76. The summed E-state index contributed by atoms with van der Waals surface area (Å²) in [6.07, 6.45) is 1.77. The third-order valence-corrected chi connectivity index (χ3v) is 2.71. The van der Waals surface area contributed by atoms with E-state index in [9.17, 15) is 5.11 Å². The fraction of sp³-hybridized carbons (Fsp3) is 0.538. The summed E-state index contributed by atoms with van der Waals surface area (Å²) in [5.41, 5.74) is 7.94. The number of anilines is 2. The van der Waals surface area contributed by atoms with Gasteiger partial charge in [0, 0.05) is 17.9 Å². The van der Waals surface area contributed by atoms with E-state index < -0.39 is 5.60 Å². The quantitative estimate of drug-likeness (QED) is 0.671. The summed E-state index contributed by atoms with van der Waals surface area (Å²) >= 11 is 0. The lowest BCUT2D eigenvalue weighted by atomic mass is 10.0. The number of benzene rings is 1. The van der Waals surface area contributed by atoms with Crippen molar-refractivity contribution in [1.29, 1.82) is 0 Å². The first-order valence-electron chi connectivity index (χ1n) is 5.77. The number of hydrogen-bond donors (Lipinski definition) is 3. The maximum absolute atomic E-state index is 10.0. The molecule has 0 bridgehead atoms.